The van der Waals surface area contributed by atoms with Gasteiger partial charge in [0.2, 0.25) is 6.54 Å². The Morgan fingerprint density at radius 1 is 1.60 bits per heavy atom. The standard InChI is InChI=1S/C12H17N3/c1-10(2)11-7-14-15(8-11)12(9-13-3)5-4-6-12/h7-8,10H,4-6,9H2,1-2H3. The maximum atomic E-state index is 7.02. The summed E-state index contributed by atoms with van der Waals surface area (Å²) in [4.78, 5) is 3.55. The molecule has 0 amide bonds. The molecule has 0 N–H and O–H groups in total. The van der Waals surface area contributed by atoms with Gasteiger partial charge in [-0.3, -0.25) is 4.68 Å². The first-order chi connectivity index (χ1) is 7.18. The quantitative estimate of drug-likeness (QED) is 0.692. The van der Waals surface area contributed by atoms with Crippen molar-refractivity contribution in [3.8, 4) is 0 Å². The molecule has 0 aromatic carbocycles. The normalized spacial score (nSPS) is 18.5. The third-order valence-corrected chi connectivity index (χ3v) is 3.41. The Hall–Kier alpha value is -1.30. The molecule has 1 saturated carbocycles. The van der Waals surface area contributed by atoms with E-state index in [1.807, 2.05) is 10.9 Å². The maximum Gasteiger partial charge on any atom is 0.239 e. The summed E-state index contributed by atoms with van der Waals surface area (Å²) in [5, 5.41) is 4.42. The lowest BCUT2D eigenvalue weighted by Gasteiger charge is -2.37. The van der Waals surface area contributed by atoms with Gasteiger partial charge in [0, 0.05) is 6.20 Å². The predicted molar refractivity (Wildman–Crippen MR) is 59.6 cm³/mol. The Kier molecular flexibility index (Phi) is 2.52. The van der Waals surface area contributed by atoms with Crippen molar-refractivity contribution in [2.24, 2.45) is 0 Å². The van der Waals surface area contributed by atoms with Crippen LogP contribution in [0.1, 0.15) is 44.6 Å². The van der Waals surface area contributed by atoms with Crippen LogP contribution in [0.4, 0.5) is 0 Å². The molecular weight excluding hydrogens is 186 g/mol. The summed E-state index contributed by atoms with van der Waals surface area (Å²) < 4.78 is 2.03. The molecule has 1 heterocycles. The summed E-state index contributed by atoms with van der Waals surface area (Å²) in [6.45, 7) is 11.9. The molecule has 0 atom stereocenters. The Bertz CT molecular complexity index is 380. The number of nitrogens with zero attached hydrogens (tertiary/aromatic N) is 3. The fraction of sp³-hybridized carbons (Fsp3) is 0.667. The fourth-order valence-electron chi connectivity index (χ4n) is 2.09. The number of aromatic nitrogens is 2. The average molecular weight is 203 g/mol. The molecule has 1 aliphatic rings. The van der Waals surface area contributed by atoms with E-state index >= 15 is 0 Å². The van der Waals surface area contributed by atoms with Crippen molar-refractivity contribution in [2.45, 2.75) is 44.6 Å². The second-order valence-corrected chi connectivity index (χ2v) is 4.77. The molecular formula is C12H17N3. The molecule has 0 bridgehead atoms. The van der Waals surface area contributed by atoms with Gasteiger partial charge in [-0.15, -0.1) is 0 Å². The van der Waals surface area contributed by atoms with Gasteiger partial charge in [0.25, 0.3) is 0 Å². The van der Waals surface area contributed by atoms with Crippen molar-refractivity contribution < 1.29 is 0 Å². The Morgan fingerprint density at radius 3 is 2.73 bits per heavy atom. The fourth-order valence-corrected chi connectivity index (χ4v) is 2.09. The van der Waals surface area contributed by atoms with Gasteiger partial charge >= 0.3 is 0 Å². The molecule has 80 valence electrons. The number of hydrogen-bond donors (Lipinski definition) is 0. The molecule has 0 spiro atoms. The van der Waals surface area contributed by atoms with E-state index in [1.165, 1.54) is 12.0 Å². The topological polar surface area (TPSA) is 22.2 Å². The third kappa shape index (κ3) is 1.65. The van der Waals surface area contributed by atoms with E-state index in [2.05, 4.69) is 30.0 Å². The minimum atomic E-state index is 0.0227. The molecule has 2 rings (SSSR count). The van der Waals surface area contributed by atoms with Crippen LogP contribution in [0.5, 0.6) is 0 Å². The van der Waals surface area contributed by atoms with Crippen molar-refractivity contribution in [2.75, 3.05) is 6.54 Å². The zero-order valence-corrected chi connectivity index (χ0v) is 9.40. The summed E-state index contributed by atoms with van der Waals surface area (Å²) in [6, 6.07) is 0. The molecule has 3 heteroatoms. The summed E-state index contributed by atoms with van der Waals surface area (Å²) >= 11 is 0. The zero-order chi connectivity index (χ0) is 10.9. The second kappa shape index (κ2) is 3.69. The molecule has 1 fully saturated rings. The van der Waals surface area contributed by atoms with Gasteiger partial charge in [-0.05, 0) is 30.7 Å². The molecule has 3 nitrogen and oxygen atoms in total. The van der Waals surface area contributed by atoms with Crippen LogP contribution in [0.15, 0.2) is 12.4 Å². The van der Waals surface area contributed by atoms with E-state index in [0.29, 0.717) is 12.5 Å². The molecule has 0 saturated heterocycles. The lowest BCUT2D eigenvalue weighted by Crippen LogP contribution is -2.43. The van der Waals surface area contributed by atoms with Gasteiger partial charge < -0.3 is 4.85 Å². The van der Waals surface area contributed by atoms with Crippen LogP contribution in [0, 0.1) is 6.57 Å². The molecule has 1 aromatic heterocycles. The van der Waals surface area contributed by atoms with Crippen LogP contribution >= 0.6 is 0 Å². The van der Waals surface area contributed by atoms with E-state index in [4.69, 9.17) is 6.57 Å². The van der Waals surface area contributed by atoms with E-state index < -0.39 is 0 Å². The molecule has 15 heavy (non-hydrogen) atoms. The summed E-state index contributed by atoms with van der Waals surface area (Å²) in [6.07, 6.45) is 7.50. The van der Waals surface area contributed by atoms with Crippen LogP contribution in [0.25, 0.3) is 4.85 Å². The van der Waals surface area contributed by atoms with Crippen LogP contribution in [0.3, 0.4) is 0 Å². The van der Waals surface area contributed by atoms with Crippen molar-refractivity contribution in [3.05, 3.63) is 29.4 Å². The van der Waals surface area contributed by atoms with E-state index in [0.717, 1.165) is 12.8 Å². The van der Waals surface area contributed by atoms with Crippen LogP contribution in [-0.2, 0) is 5.54 Å². The predicted octanol–water partition coefficient (Wildman–Crippen LogP) is 2.80. The molecule has 1 aromatic rings. The number of hydrogen-bond acceptors (Lipinski definition) is 1. The van der Waals surface area contributed by atoms with Crippen molar-refractivity contribution >= 4 is 0 Å². The highest BCUT2D eigenvalue weighted by Crippen LogP contribution is 2.39. The summed E-state index contributed by atoms with van der Waals surface area (Å²) in [5.41, 5.74) is 1.29. The SMILES string of the molecule is [C-]#[N+]CC1(n2cc(C(C)C)cn2)CCC1. The van der Waals surface area contributed by atoms with Gasteiger partial charge in [-0.25, -0.2) is 6.57 Å². The largest absolute Gasteiger partial charge is 0.314 e. The first-order valence-electron chi connectivity index (χ1n) is 5.56. The van der Waals surface area contributed by atoms with Gasteiger partial charge in [0.1, 0.15) is 5.54 Å². The Balaban J connectivity index is 2.24. The van der Waals surface area contributed by atoms with Crippen molar-refractivity contribution in [3.63, 3.8) is 0 Å². The van der Waals surface area contributed by atoms with Crippen molar-refractivity contribution in [1.29, 1.82) is 0 Å². The van der Waals surface area contributed by atoms with Gasteiger partial charge in [-0.2, -0.15) is 5.10 Å². The lowest BCUT2D eigenvalue weighted by molar-refractivity contribution is 0.145. The smallest absolute Gasteiger partial charge is 0.239 e. The van der Waals surface area contributed by atoms with Gasteiger partial charge in [0.15, 0.2) is 0 Å². The van der Waals surface area contributed by atoms with Gasteiger partial charge in [-0.1, -0.05) is 13.8 Å². The van der Waals surface area contributed by atoms with E-state index in [-0.39, 0.29) is 5.54 Å². The number of rotatable bonds is 3. The summed E-state index contributed by atoms with van der Waals surface area (Å²) in [7, 11) is 0. The third-order valence-electron chi connectivity index (χ3n) is 3.41. The first kappa shape index (κ1) is 10.2. The second-order valence-electron chi connectivity index (χ2n) is 4.77. The molecule has 0 unspecified atom stereocenters. The first-order valence-corrected chi connectivity index (χ1v) is 5.56. The minimum absolute atomic E-state index is 0.0227. The van der Waals surface area contributed by atoms with Crippen molar-refractivity contribution in [1.82, 2.24) is 9.78 Å². The molecule has 0 radical (unpaired) electrons. The zero-order valence-electron chi connectivity index (χ0n) is 9.40. The Morgan fingerprint density at radius 2 is 2.33 bits per heavy atom. The minimum Gasteiger partial charge on any atom is -0.314 e. The Labute approximate surface area is 90.9 Å². The molecule has 0 aliphatic heterocycles. The maximum absolute atomic E-state index is 7.02. The van der Waals surface area contributed by atoms with E-state index in [9.17, 15) is 0 Å². The highest BCUT2D eigenvalue weighted by Gasteiger charge is 2.43. The highest BCUT2D eigenvalue weighted by molar-refractivity contribution is 5.12. The monoisotopic (exact) mass is 203 g/mol. The highest BCUT2D eigenvalue weighted by atomic mass is 15.3. The van der Waals surface area contributed by atoms with Crippen LogP contribution in [-0.4, -0.2) is 16.3 Å². The average Bonchev–Trinajstić information content (AvgIpc) is 2.60. The summed E-state index contributed by atoms with van der Waals surface area (Å²) in [5.74, 6) is 0.517. The van der Waals surface area contributed by atoms with Crippen LogP contribution in [0.2, 0.25) is 0 Å². The van der Waals surface area contributed by atoms with Crippen LogP contribution < -0.4 is 0 Å². The van der Waals surface area contributed by atoms with Gasteiger partial charge in [0.05, 0.1) is 6.20 Å². The molecule has 1 aliphatic carbocycles. The lowest BCUT2D eigenvalue weighted by atomic mass is 9.77. The van der Waals surface area contributed by atoms with E-state index in [1.54, 1.807) is 0 Å².